The first-order valence-corrected chi connectivity index (χ1v) is 5.50. The monoisotopic (exact) mass is 221 g/mol. The molecule has 5 heteroatoms. The molecule has 0 spiro atoms. The number of aromatic amines is 1. The topological polar surface area (TPSA) is 70.4 Å². The fourth-order valence-corrected chi connectivity index (χ4v) is 1.75. The van der Waals surface area contributed by atoms with Crippen molar-refractivity contribution in [3.05, 3.63) is 27.7 Å². The van der Waals surface area contributed by atoms with Crippen molar-refractivity contribution in [3.8, 4) is 5.88 Å². The van der Waals surface area contributed by atoms with Gasteiger partial charge in [0.25, 0.3) is 5.56 Å². The van der Waals surface area contributed by atoms with Crippen molar-refractivity contribution in [2.75, 3.05) is 0 Å². The number of hydrogen-bond acceptors (Lipinski definition) is 3. The van der Waals surface area contributed by atoms with Gasteiger partial charge in [-0.25, -0.2) is 0 Å². The Balaban J connectivity index is 2.71. The summed E-state index contributed by atoms with van der Waals surface area (Å²) < 4.78 is 1.39. The Morgan fingerprint density at radius 3 is 2.88 bits per heavy atom. The summed E-state index contributed by atoms with van der Waals surface area (Å²) in [5, 5.41) is 14.2. The third kappa shape index (κ3) is 1.58. The van der Waals surface area contributed by atoms with Gasteiger partial charge >= 0.3 is 0 Å². The molecule has 0 aliphatic rings. The summed E-state index contributed by atoms with van der Waals surface area (Å²) in [6.07, 6.45) is 2.13. The summed E-state index contributed by atoms with van der Waals surface area (Å²) in [4.78, 5) is 14.4. The number of aryl methyl sites for hydroxylation is 1. The average Bonchev–Trinajstić information content (AvgIpc) is 2.67. The molecule has 0 unspecified atom stereocenters. The highest BCUT2D eigenvalue weighted by Crippen LogP contribution is 2.16. The van der Waals surface area contributed by atoms with Crippen LogP contribution in [-0.4, -0.2) is 19.7 Å². The molecule has 0 saturated carbocycles. The van der Waals surface area contributed by atoms with Gasteiger partial charge in [-0.2, -0.15) is 9.61 Å². The lowest BCUT2D eigenvalue weighted by Crippen LogP contribution is -2.15. The second-order valence-electron chi connectivity index (χ2n) is 3.79. The van der Waals surface area contributed by atoms with Crippen LogP contribution < -0.4 is 5.56 Å². The van der Waals surface area contributed by atoms with Gasteiger partial charge in [-0.05, 0) is 12.8 Å². The quantitative estimate of drug-likeness (QED) is 0.819. The van der Waals surface area contributed by atoms with E-state index < -0.39 is 0 Å². The third-order valence-electron chi connectivity index (χ3n) is 2.61. The lowest BCUT2D eigenvalue weighted by Gasteiger charge is -2.03. The van der Waals surface area contributed by atoms with Crippen LogP contribution in [0.25, 0.3) is 5.65 Å². The Morgan fingerprint density at radius 1 is 1.50 bits per heavy atom. The first-order chi connectivity index (χ1) is 7.67. The first-order valence-electron chi connectivity index (χ1n) is 5.50. The molecular formula is C11H15N3O2. The lowest BCUT2D eigenvalue weighted by molar-refractivity contribution is 0.425. The molecule has 16 heavy (non-hydrogen) atoms. The zero-order chi connectivity index (χ0) is 11.7. The van der Waals surface area contributed by atoms with Gasteiger partial charge in [-0.1, -0.05) is 20.3 Å². The Morgan fingerprint density at radius 2 is 2.25 bits per heavy atom. The Bertz CT molecular complexity index is 568. The zero-order valence-electron chi connectivity index (χ0n) is 9.45. The van der Waals surface area contributed by atoms with Crippen molar-refractivity contribution in [2.45, 2.75) is 33.1 Å². The number of fused-ring (bicyclic) bond motifs is 1. The van der Waals surface area contributed by atoms with E-state index in [0.29, 0.717) is 17.6 Å². The van der Waals surface area contributed by atoms with Crippen molar-refractivity contribution in [1.82, 2.24) is 14.6 Å². The van der Waals surface area contributed by atoms with E-state index in [0.717, 1.165) is 18.5 Å². The minimum Gasteiger partial charge on any atom is -0.493 e. The van der Waals surface area contributed by atoms with Crippen LogP contribution in [0.15, 0.2) is 10.9 Å². The van der Waals surface area contributed by atoms with Crippen LogP contribution in [0, 0.1) is 0 Å². The number of rotatable bonds is 3. The molecule has 2 rings (SSSR count). The van der Waals surface area contributed by atoms with Gasteiger partial charge in [-0.3, -0.25) is 4.79 Å². The van der Waals surface area contributed by atoms with Gasteiger partial charge < -0.3 is 10.1 Å². The largest absolute Gasteiger partial charge is 0.493 e. The van der Waals surface area contributed by atoms with Gasteiger partial charge in [-0.15, -0.1) is 0 Å². The molecular weight excluding hydrogens is 206 g/mol. The predicted molar refractivity (Wildman–Crippen MR) is 60.9 cm³/mol. The zero-order valence-corrected chi connectivity index (χ0v) is 9.45. The van der Waals surface area contributed by atoms with Crippen LogP contribution in [0.3, 0.4) is 0 Å². The maximum atomic E-state index is 11.7. The summed E-state index contributed by atoms with van der Waals surface area (Å²) >= 11 is 0. The van der Waals surface area contributed by atoms with E-state index in [1.165, 1.54) is 4.52 Å². The minimum absolute atomic E-state index is 0.0414. The van der Waals surface area contributed by atoms with E-state index in [9.17, 15) is 9.90 Å². The summed E-state index contributed by atoms with van der Waals surface area (Å²) in [6.45, 7) is 3.94. The number of nitrogens with one attached hydrogen (secondary N) is 1. The Hall–Kier alpha value is -1.78. The second kappa shape index (κ2) is 4.00. The van der Waals surface area contributed by atoms with Crippen LogP contribution in [-0.2, 0) is 12.8 Å². The lowest BCUT2D eigenvalue weighted by atomic mass is 10.2. The van der Waals surface area contributed by atoms with Crippen LogP contribution in [0.4, 0.5) is 0 Å². The number of aromatic hydroxyl groups is 1. The van der Waals surface area contributed by atoms with Gasteiger partial charge in [0.15, 0.2) is 0 Å². The SMILES string of the molecule is CCCc1c(O)n2nc(CC)cc2[nH]c1=O. The molecule has 2 N–H and O–H groups in total. The Labute approximate surface area is 92.7 Å². The molecule has 0 aliphatic carbocycles. The van der Waals surface area contributed by atoms with Crippen LogP contribution in [0.1, 0.15) is 31.5 Å². The molecule has 86 valence electrons. The Kier molecular flexibility index (Phi) is 2.68. The number of aromatic nitrogens is 3. The molecule has 0 radical (unpaired) electrons. The van der Waals surface area contributed by atoms with Crippen LogP contribution >= 0.6 is 0 Å². The minimum atomic E-state index is -0.227. The molecule has 2 heterocycles. The molecule has 0 aliphatic heterocycles. The maximum Gasteiger partial charge on any atom is 0.258 e. The predicted octanol–water partition coefficient (Wildman–Crippen LogP) is 1.24. The summed E-state index contributed by atoms with van der Waals surface area (Å²) in [7, 11) is 0. The number of hydrogen-bond donors (Lipinski definition) is 2. The van der Waals surface area contributed by atoms with E-state index in [2.05, 4.69) is 10.1 Å². The van der Waals surface area contributed by atoms with Gasteiger partial charge in [0.1, 0.15) is 5.65 Å². The number of H-pyrrole nitrogens is 1. The molecule has 2 aromatic rings. The van der Waals surface area contributed by atoms with Gasteiger partial charge in [0.2, 0.25) is 5.88 Å². The van der Waals surface area contributed by atoms with Gasteiger partial charge in [0, 0.05) is 6.07 Å². The summed E-state index contributed by atoms with van der Waals surface area (Å²) in [6, 6.07) is 1.77. The summed E-state index contributed by atoms with van der Waals surface area (Å²) in [5.74, 6) is -0.0414. The highest BCUT2D eigenvalue weighted by molar-refractivity contribution is 5.44. The third-order valence-corrected chi connectivity index (χ3v) is 2.61. The van der Waals surface area contributed by atoms with E-state index in [4.69, 9.17) is 0 Å². The fraction of sp³-hybridized carbons (Fsp3) is 0.455. The van der Waals surface area contributed by atoms with Crippen molar-refractivity contribution >= 4 is 5.65 Å². The smallest absolute Gasteiger partial charge is 0.258 e. The number of nitrogens with zero attached hydrogens (tertiary/aromatic N) is 2. The normalized spacial score (nSPS) is 11.1. The second-order valence-corrected chi connectivity index (χ2v) is 3.79. The van der Waals surface area contributed by atoms with Crippen molar-refractivity contribution < 1.29 is 5.11 Å². The van der Waals surface area contributed by atoms with Crippen molar-refractivity contribution in [3.63, 3.8) is 0 Å². The molecule has 2 aromatic heterocycles. The van der Waals surface area contributed by atoms with Crippen LogP contribution in [0.5, 0.6) is 5.88 Å². The maximum absolute atomic E-state index is 11.7. The molecule has 0 bridgehead atoms. The molecule has 5 nitrogen and oxygen atoms in total. The van der Waals surface area contributed by atoms with E-state index >= 15 is 0 Å². The van der Waals surface area contributed by atoms with Crippen molar-refractivity contribution in [1.29, 1.82) is 0 Å². The highest BCUT2D eigenvalue weighted by atomic mass is 16.3. The standard InChI is InChI=1S/C11H15N3O2/c1-3-5-8-10(15)12-9-6-7(4-2)13-14(9)11(8)16/h6,16H,3-5H2,1-2H3,(H,12,15). The van der Waals surface area contributed by atoms with Crippen LogP contribution in [0.2, 0.25) is 0 Å². The fourth-order valence-electron chi connectivity index (χ4n) is 1.75. The first kappa shape index (κ1) is 10.7. The molecule has 0 atom stereocenters. The summed E-state index contributed by atoms with van der Waals surface area (Å²) in [5.41, 5.74) is 1.56. The molecule has 0 aromatic carbocycles. The van der Waals surface area contributed by atoms with Crippen molar-refractivity contribution in [2.24, 2.45) is 0 Å². The molecule has 0 amide bonds. The van der Waals surface area contributed by atoms with E-state index in [1.54, 1.807) is 6.07 Å². The average molecular weight is 221 g/mol. The van der Waals surface area contributed by atoms with E-state index in [-0.39, 0.29) is 11.4 Å². The molecule has 0 saturated heterocycles. The van der Waals surface area contributed by atoms with Gasteiger partial charge in [0.05, 0.1) is 11.3 Å². The highest BCUT2D eigenvalue weighted by Gasteiger charge is 2.12. The van der Waals surface area contributed by atoms with E-state index in [1.807, 2.05) is 13.8 Å². The molecule has 0 fully saturated rings.